The maximum absolute atomic E-state index is 8.84. The van der Waals surface area contributed by atoms with Gasteiger partial charge in [0.2, 0.25) is 0 Å². The smallest absolute Gasteiger partial charge is 0.0991 e. The molecule has 2 nitrogen and oxygen atoms in total. The number of hydrogen-bond donors (Lipinski definition) is 0. The van der Waals surface area contributed by atoms with Gasteiger partial charge in [-0.1, -0.05) is 25.8 Å². The molecule has 1 saturated carbocycles. The van der Waals surface area contributed by atoms with E-state index in [2.05, 4.69) is 13.0 Å². The molecule has 1 aromatic rings. The third-order valence-corrected chi connectivity index (χ3v) is 3.96. The van der Waals surface area contributed by atoms with Crippen molar-refractivity contribution in [1.82, 2.24) is 0 Å². The highest BCUT2D eigenvalue weighted by Gasteiger charge is 2.21. The van der Waals surface area contributed by atoms with Crippen LogP contribution in [0.2, 0.25) is 0 Å². The molecule has 1 fully saturated rings. The molecule has 0 N–H and O–H groups in total. The minimum atomic E-state index is 0.411. The van der Waals surface area contributed by atoms with Crippen LogP contribution in [0.1, 0.15) is 49.3 Å². The lowest BCUT2D eigenvalue weighted by atomic mass is 9.88. The van der Waals surface area contributed by atoms with Gasteiger partial charge in [0, 0.05) is 0 Å². The van der Waals surface area contributed by atoms with Crippen molar-refractivity contribution in [3.63, 3.8) is 0 Å². The van der Waals surface area contributed by atoms with E-state index in [9.17, 15) is 0 Å². The van der Waals surface area contributed by atoms with Crippen LogP contribution < -0.4 is 0 Å². The zero-order chi connectivity index (χ0) is 13.0. The Labute approximate surface area is 110 Å². The normalized spacial score (nSPS) is 23.6. The van der Waals surface area contributed by atoms with E-state index < -0.39 is 0 Å². The van der Waals surface area contributed by atoms with Gasteiger partial charge in [0.25, 0.3) is 0 Å². The third-order valence-electron chi connectivity index (χ3n) is 3.96. The number of benzene rings is 1. The van der Waals surface area contributed by atoms with Gasteiger partial charge in [-0.25, -0.2) is 0 Å². The molecule has 0 amide bonds. The number of nitrogens with zero attached hydrogens (tertiary/aromatic N) is 1. The van der Waals surface area contributed by atoms with Crippen LogP contribution in [-0.4, -0.2) is 6.10 Å². The SMILES string of the molecule is Cc1cc(C#N)ccc1COC1CCCCC1C. The summed E-state index contributed by atoms with van der Waals surface area (Å²) in [7, 11) is 0. The maximum Gasteiger partial charge on any atom is 0.0991 e. The first-order chi connectivity index (χ1) is 8.70. The number of aryl methyl sites for hydroxylation is 1. The summed E-state index contributed by atoms with van der Waals surface area (Å²) >= 11 is 0. The highest BCUT2D eigenvalue weighted by atomic mass is 16.5. The minimum absolute atomic E-state index is 0.411. The fourth-order valence-electron chi connectivity index (χ4n) is 2.65. The molecule has 0 aliphatic heterocycles. The highest BCUT2D eigenvalue weighted by molar-refractivity contribution is 5.37. The van der Waals surface area contributed by atoms with Gasteiger partial charge in [-0.3, -0.25) is 0 Å². The van der Waals surface area contributed by atoms with E-state index >= 15 is 0 Å². The summed E-state index contributed by atoms with van der Waals surface area (Å²) in [4.78, 5) is 0. The Hall–Kier alpha value is -1.33. The van der Waals surface area contributed by atoms with Gasteiger partial charge in [-0.15, -0.1) is 0 Å². The van der Waals surface area contributed by atoms with Gasteiger partial charge < -0.3 is 4.74 Å². The first-order valence-electron chi connectivity index (χ1n) is 6.82. The average Bonchev–Trinajstić information content (AvgIpc) is 2.39. The molecule has 0 spiro atoms. The van der Waals surface area contributed by atoms with E-state index in [0.717, 1.165) is 11.1 Å². The van der Waals surface area contributed by atoms with Crippen LogP contribution in [0.5, 0.6) is 0 Å². The van der Waals surface area contributed by atoms with Crippen LogP contribution in [0.4, 0.5) is 0 Å². The van der Waals surface area contributed by atoms with Gasteiger partial charge in [0.1, 0.15) is 0 Å². The van der Waals surface area contributed by atoms with Gasteiger partial charge >= 0.3 is 0 Å². The lowest BCUT2D eigenvalue weighted by molar-refractivity contribution is -0.0156. The van der Waals surface area contributed by atoms with Crippen molar-refractivity contribution in [2.24, 2.45) is 5.92 Å². The Bertz CT molecular complexity index is 447. The molecule has 0 aromatic heterocycles. The van der Waals surface area contributed by atoms with Crippen LogP contribution in [0.15, 0.2) is 18.2 Å². The Morgan fingerprint density at radius 3 is 2.78 bits per heavy atom. The average molecular weight is 243 g/mol. The fourth-order valence-corrected chi connectivity index (χ4v) is 2.65. The van der Waals surface area contributed by atoms with Crippen molar-refractivity contribution >= 4 is 0 Å². The standard InChI is InChI=1S/C16H21NO/c1-12-5-3-4-6-16(12)18-11-15-8-7-14(10-17)9-13(15)2/h7-9,12,16H,3-6,11H2,1-2H3. The molecule has 0 radical (unpaired) electrons. The molecule has 18 heavy (non-hydrogen) atoms. The van der Waals surface area contributed by atoms with Crippen molar-refractivity contribution in [2.75, 3.05) is 0 Å². The third kappa shape index (κ3) is 3.11. The summed E-state index contributed by atoms with van der Waals surface area (Å²) in [5.41, 5.74) is 3.08. The highest BCUT2D eigenvalue weighted by Crippen LogP contribution is 2.27. The van der Waals surface area contributed by atoms with Crippen LogP contribution in [0.25, 0.3) is 0 Å². The number of ether oxygens (including phenoxy) is 1. The molecule has 96 valence electrons. The first kappa shape index (κ1) is 13.1. The summed E-state index contributed by atoms with van der Waals surface area (Å²) in [6.07, 6.45) is 5.53. The lowest BCUT2D eigenvalue weighted by Crippen LogP contribution is -2.25. The predicted molar refractivity (Wildman–Crippen MR) is 72.1 cm³/mol. The molecule has 1 aromatic carbocycles. The number of nitriles is 1. The zero-order valence-corrected chi connectivity index (χ0v) is 11.3. The molecule has 2 atom stereocenters. The molecule has 0 heterocycles. The van der Waals surface area contributed by atoms with Gasteiger partial charge in [-0.2, -0.15) is 5.26 Å². The Balaban J connectivity index is 1.95. The zero-order valence-electron chi connectivity index (χ0n) is 11.3. The fraction of sp³-hybridized carbons (Fsp3) is 0.562. The lowest BCUT2D eigenvalue weighted by Gasteiger charge is -2.29. The monoisotopic (exact) mass is 243 g/mol. The van der Waals surface area contributed by atoms with Crippen molar-refractivity contribution < 1.29 is 4.74 Å². The first-order valence-corrected chi connectivity index (χ1v) is 6.82. The van der Waals surface area contributed by atoms with Crippen molar-refractivity contribution in [1.29, 1.82) is 5.26 Å². The second-order valence-corrected chi connectivity index (χ2v) is 5.36. The topological polar surface area (TPSA) is 33.0 Å². The van der Waals surface area contributed by atoms with Crippen molar-refractivity contribution in [3.8, 4) is 6.07 Å². The second-order valence-electron chi connectivity index (χ2n) is 5.36. The summed E-state index contributed by atoms with van der Waals surface area (Å²) < 4.78 is 6.05. The molecular weight excluding hydrogens is 222 g/mol. The van der Waals surface area contributed by atoms with Crippen molar-refractivity contribution in [2.45, 2.75) is 52.2 Å². The molecule has 2 rings (SSSR count). The molecule has 1 aliphatic rings. The van der Waals surface area contributed by atoms with Crippen LogP contribution in [0.3, 0.4) is 0 Å². The van der Waals surface area contributed by atoms with E-state index in [1.165, 1.54) is 31.2 Å². The largest absolute Gasteiger partial charge is 0.373 e. The van der Waals surface area contributed by atoms with E-state index in [1.54, 1.807) is 0 Å². The van der Waals surface area contributed by atoms with E-state index in [-0.39, 0.29) is 0 Å². The quantitative estimate of drug-likeness (QED) is 0.805. The van der Waals surface area contributed by atoms with Crippen LogP contribution in [0, 0.1) is 24.2 Å². The van der Waals surface area contributed by atoms with Crippen LogP contribution >= 0.6 is 0 Å². The molecule has 2 unspecified atom stereocenters. The van der Waals surface area contributed by atoms with Crippen LogP contribution in [-0.2, 0) is 11.3 Å². The van der Waals surface area contributed by atoms with Gasteiger partial charge in [0.05, 0.1) is 24.3 Å². The minimum Gasteiger partial charge on any atom is -0.373 e. The number of hydrogen-bond acceptors (Lipinski definition) is 2. The van der Waals surface area contributed by atoms with E-state index in [0.29, 0.717) is 18.6 Å². The van der Waals surface area contributed by atoms with E-state index in [4.69, 9.17) is 10.00 Å². The Kier molecular flexibility index (Phi) is 4.38. The van der Waals surface area contributed by atoms with E-state index in [1.807, 2.05) is 25.1 Å². The van der Waals surface area contributed by atoms with Gasteiger partial charge in [0.15, 0.2) is 0 Å². The Morgan fingerprint density at radius 2 is 2.11 bits per heavy atom. The summed E-state index contributed by atoms with van der Waals surface area (Å²) in [6.45, 7) is 5.01. The Morgan fingerprint density at radius 1 is 1.33 bits per heavy atom. The van der Waals surface area contributed by atoms with Crippen molar-refractivity contribution in [3.05, 3.63) is 34.9 Å². The summed E-state index contributed by atoms with van der Waals surface area (Å²) in [5, 5.41) is 8.84. The molecule has 1 aliphatic carbocycles. The second kappa shape index (κ2) is 6.02. The summed E-state index contributed by atoms with van der Waals surface area (Å²) in [5.74, 6) is 0.678. The summed E-state index contributed by atoms with van der Waals surface area (Å²) in [6, 6.07) is 7.99. The predicted octanol–water partition coefficient (Wildman–Crippen LogP) is 3.96. The maximum atomic E-state index is 8.84. The van der Waals surface area contributed by atoms with Gasteiger partial charge in [-0.05, 0) is 48.9 Å². The molecular formula is C16H21NO. The molecule has 0 saturated heterocycles. The molecule has 2 heteroatoms. The number of rotatable bonds is 3. The molecule has 0 bridgehead atoms.